The largest absolute Gasteiger partial charge is 0.481 e. The van der Waals surface area contributed by atoms with E-state index in [-0.39, 0.29) is 0 Å². The number of carboxylic acids is 1. The molecular weight excluding hydrogens is 514 g/mol. The topological polar surface area (TPSA) is 86.0 Å². The van der Waals surface area contributed by atoms with Gasteiger partial charge in [0, 0.05) is 49.4 Å². The SMILES string of the molecule is C[C@@H](Nc1cc(N2CCC([C@H]3CCCN(C4CC(C)(C(=O)O)C4)C3)CC2)nc2ccnn12)c1ccc(F)cc1F. The van der Waals surface area contributed by atoms with Crippen LogP contribution in [0, 0.1) is 28.9 Å². The van der Waals surface area contributed by atoms with Gasteiger partial charge in [-0.15, -0.1) is 0 Å². The minimum atomic E-state index is -0.664. The van der Waals surface area contributed by atoms with Gasteiger partial charge in [-0.2, -0.15) is 9.61 Å². The molecule has 2 atom stereocenters. The van der Waals surface area contributed by atoms with Crippen LogP contribution in [0.15, 0.2) is 36.5 Å². The zero-order valence-electron chi connectivity index (χ0n) is 23.2. The van der Waals surface area contributed by atoms with E-state index in [2.05, 4.69) is 20.2 Å². The normalized spacial score (nSPS) is 26.9. The first-order valence-corrected chi connectivity index (χ1v) is 14.5. The lowest BCUT2D eigenvalue weighted by Gasteiger charge is -2.51. The standard InChI is InChI=1S/C30H38F2N6O2/c1-19(24-6-5-22(31)14-25(24)32)34-28-15-27(35-26-7-10-33-38(26)28)36-12-8-20(9-13-36)21-4-3-11-37(18-21)23-16-30(2,17-23)29(39)40/h5-7,10,14-15,19-21,23,34H,3-4,8-9,11-13,16-18H2,1-2H3,(H,39,40)/t19-,21+,23?,30?/m1/s1. The van der Waals surface area contributed by atoms with Crippen LogP contribution in [0.2, 0.25) is 0 Å². The van der Waals surface area contributed by atoms with Gasteiger partial charge < -0.3 is 20.2 Å². The maximum absolute atomic E-state index is 14.4. The highest BCUT2D eigenvalue weighted by Gasteiger charge is 2.49. The Labute approximate surface area is 233 Å². The molecule has 1 aromatic carbocycles. The number of aliphatic carboxylic acids is 1. The van der Waals surface area contributed by atoms with Crippen molar-refractivity contribution in [3.05, 3.63) is 53.7 Å². The van der Waals surface area contributed by atoms with E-state index in [0.717, 1.165) is 63.7 Å². The van der Waals surface area contributed by atoms with Crippen LogP contribution >= 0.6 is 0 Å². The highest BCUT2D eigenvalue weighted by molar-refractivity contribution is 5.75. The number of likely N-dealkylation sites (tertiary alicyclic amines) is 1. The second-order valence-electron chi connectivity index (χ2n) is 12.3. The van der Waals surface area contributed by atoms with Crippen molar-refractivity contribution in [3.63, 3.8) is 0 Å². The fourth-order valence-corrected chi connectivity index (χ4v) is 7.09. The molecule has 2 aromatic heterocycles. The van der Waals surface area contributed by atoms with Gasteiger partial charge in [0.15, 0.2) is 5.65 Å². The van der Waals surface area contributed by atoms with E-state index in [9.17, 15) is 18.7 Å². The van der Waals surface area contributed by atoms with Gasteiger partial charge in [-0.25, -0.2) is 13.8 Å². The van der Waals surface area contributed by atoms with E-state index in [1.165, 1.54) is 25.0 Å². The Bertz CT molecular complexity index is 1380. The van der Waals surface area contributed by atoms with Gasteiger partial charge in [-0.05, 0) is 76.8 Å². The Kier molecular flexibility index (Phi) is 7.14. The second-order valence-corrected chi connectivity index (χ2v) is 12.3. The van der Waals surface area contributed by atoms with E-state index in [1.807, 2.05) is 26.0 Å². The Morgan fingerprint density at radius 2 is 1.88 bits per heavy atom. The summed E-state index contributed by atoms with van der Waals surface area (Å²) in [5.74, 6) is 1.05. The number of carbonyl (C=O) groups is 1. The fourth-order valence-electron chi connectivity index (χ4n) is 7.09. The molecule has 1 aliphatic carbocycles. The number of halogens is 2. The summed E-state index contributed by atoms with van der Waals surface area (Å²) in [6, 6.07) is 7.49. The highest BCUT2D eigenvalue weighted by Crippen LogP contribution is 2.45. The molecule has 0 unspecified atom stereocenters. The first kappa shape index (κ1) is 26.9. The molecule has 4 heterocycles. The minimum Gasteiger partial charge on any atom is -0.481 e. The maximum atomic E-state index is 14.4. The molecule has 214 valence electrons. The van der Waals surface area contributed by atoms with Crippen LogP contribution in [-0.4, -0.2) is 62.8 Å². The predicted octanol–water partition coefficient (Wildman–Crippen LogP) is 5.36. The van der Waals surface area contributed by atoms with Crippen molar-refractivity contribution in [2.24, 2.45) is 17.3 Å². The van der Waals surface area contributed by atoms with Gasteiger partial charge in [0.2, 0.25) is 0 Å². The molecular formula is C30H38F2N6O2. The number of fused-ring (bicyclic) bond motifs is 1. The maximum Gasteiger partial charge on any atom is 0.309 e. The number of piperidine rings is 2. The first-order valence-electron chi connectivity index (χ1n) is 14.5. The predicted molar refractivity (Wildman–Crippen MR) is 149 cm³/mol. The van der Waals surface area contributed by atoms with Crippen LogP contribution in [0.25, 0.3) is 5.65 Å². The molecule has 2 aliphatic heterocycles. The van der Waals surface area contributed by atoms with E-state index in [1.54, 1.807) is 10.7 Å². The van der Waals surface area contributed by atoms with Crippen molar-refractivity contribution in [2.75, 3.05) is 36.4 Å². The molecule has 10 heteroatoms. The summed E-state index contributed by atoms with van der Waals surface area (Å²) in [6.45, 7) is 7.72. The summed E-state index contributed by atoms with van der Waals surface area (Å²) < 4.78 is 29.6. The number of aromatic nitrogens is 3. The third kappa shape index (κ3) is 5.13. The quantitative estimate of drug-likeness (QED) is 0.408. The van der Waals surface area contributed by atoms with Crippen LogP contribution < -0.4 is 10.2 Å². The molecule has 0 amide bonds. The molecule has 40 heavy (non-hydrogen) atoms. The van der Waals surface area contributed by atoms with Crippen molar-refractivity contribution < 1.29 is 18.7 Å². The van der Waals surface area contributed by atoms with Crippen molar-refractivity contribution in [2.45, 2.75) is 64.5 Å². The van der Waals surface area contributed by atoms with Crippen molar-refractivity contribution in [1.82, 2.24) is 19.5 Å². The van der Waals surface area contributed by atoms with Crippen LogP contribution in [0.1, 0.15) is 64.0 Å². The molecule has 2 N–H and O–H groups in total. The lowest BCUT2D eigenvalue weighted by atomic mass is 9.65. The van der Waals surface area contributed by atoms with Crippen LogP contribution in [0.3, 0.4) is 0 Å². The Balaban J connectivity index is 1.10. The van der Waals surface area contributed by atoms with Crippen molar-refractivity contribution in [3.8, 4) is 0 Å². The number of hydrogen-bond donors (Lipinski definition) is 2. The molecule has 3 fully saturated rings. The summed E-state index contributed by atoms with van der Waals surface area (Å²) in [5.41, 5.74) is 0.549. The molecule has 8 nitrogen and oxygen atoms in total. The Morgan fingerprint density at radius 1 is 1.10 bits per heavy atom. The molecule has 1 saturated carbocycles. The highest BCUT2D eigenvalue weighted by atomic mass is 19.1. The van der Waals surface area contributed by atoms with Gasteiger partial charge in [0.25, 0.3) is 0 Å². The van der Waals surface area contributed by atoms with Crippen LogP contribution in [0.5, 0.6) is 0 Å². The minimum absolute atomic E-state index is 0.386. The van der Waals surface area contributed by atoms with E-state index in [0.29, 0.717) is 34.9 Å². The first-order chi connectivity index (χ1) is 19.2. The molecule has 0 bridgehead atoms. The number of rotatable bonds is 7. The zero-order chi connectivity index (χ0) is 28.0. The van der Waals surface area contributed by atoms with Gasteiger partial charge in [0.05, 0.1) is 17.7 Å². The monoisotopic (exact) mass is 552 g/mol. The van der Waals surface area contributed by atoms with Crippen LogP contribution in [-0.2, 0) is 4.79 Å². The third-order valence-corrected chi connectivity index (χ3v) is 9.56. The Hall–Kier alpha value is -3.27. The summed E-state index contributed by atoms with van der Waals surface area (Å²) in [5, 5.41) is 17.2. The third-order valence-electron chi connectivity index (χ3n) is 9.56. The summed E-state index contributed by atoms with van der Waals surface area (Å²) in [7, 11) is 0. The molecule has 6 rings (SSSR count). The summed E-state index contributed by atoms with van der Waals surface area (Å²) >= 11 is 0. The van der Waals surface area contributed by atoms with Crippen LogP contribution in [0.4, 0.5) is 20.4 Å². The van der Waals surface area contributed by atoms with Gasteiger partial charge in [-0.1, -0.05) is 6.07 Å². The van der Waals surface area contributed by atoms with E-state index >= 15 is 0 Å². The molecule has 3 aliphatic rings. The summed E-state index contributed by atoms with van der Waals surface area (Å²) in [4.78, 5) is 21.3. The Morgan fingerprint density at radius 3 is 2.60 bits per heavy atom. The summed E-state index contributed by atoms with van der Waals surface area (Å²) in [6.07, 6.45) is 7.85. The second kappa shape index (κ2) is 10.6. The smallest absolute Gasteiger partial charge is 0.309 e. The molecule has 0 spiro atoms. The number of hydrogen-bond acceptors (Lipinski definition) is 6. The number of carboxylic acid groups (broad SMARTS) is 1. The van der Waals surface area contributed by atoms with Crippen molar-refractivity contribution >= 4 is 23.3 Å². The number of benzene rings is 1. The number of nitrogens with zero attached hydrogens (tertiary/aromatic N) is 5. The average Bonchev–Trinajstić information content (AvgIpc) is 3.40. The molecule has 2 saturated heterocycles. The van der Waals surface area contributed by atoms with Crippen molar-refractivity contribution in [1.29, 1.82) is 0 Å². The van der Waals surface area contributed by atoms with Gasteiger partial charge in [-0.3, -0.25) is 4.79 Å². The van der Waals surface area contributed by atoms with E-state index in [4.69, 9.17) is 4.98 Å². The average molecular weight is 553 g/mol. The molecule has 0 radical (unpaired) electrons. The fraction of sp³-hybridized carbons (Fsp3) is 0.567. The number of nitrogens with one attached hydrogen (secondary N) is 1. The molecule has 3 aromatic rings. The zero-order valence-corrected chi connectivity index (χ0v) is 23.2. The number of anilines is 2. The van der Waals surface area contributed by atoms with Gasteiger partial charge >= 0.3 is 5.97 Å². The lowest BCUT2D eigenvalue weighted by Crippen LogP contribution is -2.56. The lowest BCUT2D eigenvalue weighted by molar-refractivity contribution is -0.158. The van der Waals surface area contributed by atoms with E-state index < -0.39 is 29.1 Å². The van der Waals surface area contributed by atoms with Gasteiger partial charge in [0.1, 0.15) is 23.3 Å².